The zero-order valence-corrected chi connectivity index (χ0v) is 11.1. The molecule has 1 atom stereocenters. The van der Waals surface area contributed by atoms with Gasteiger partial charge >= 0.3 is 0 Å². The van der Waals surface area contributed by atoms with E-state index in [2.05, 4.69) is 35.2 Å². The number of likely N-dealkylation sites (tertiary alicyclic amines) is 1. The number of nitrogens with zero attached hydrogens (tertiary/aromatic N) is 1. The lowest BCUT2D eigenvalue weighted by atomic mass is 10.1. The molecule has 2 rings (SSSR count). The monoisotopic (exact) mass is 235 g/mol. The van der Waals surface area contributed by atoms with Crippen LogP contribution >= 0.6 is 0 Å². The average Bonchev–Trinajstić information content (AvgIpc) is 2.81. The first-order valence-corrected chi connectivity index (χ1v) is 6.79. The first-order valence-electron chi connectivity index (χ1n) is 6.79. The molecule has 2 heteroatoms. The Morgan fingerprint density at radius 1 is 1.24 bits per heavy atom. The van der Waals surface area contributed by atoms with Crippen LogP contribution in [0.25, 0.3) is 0 Å². The van der Waals surface area contributed by atoms with Gasteiger partial charge in [-0.1, -0.05) is 44.2 Å². The van der Waals surface area contributed by atoms with Crippen LogP contribution in [0.4, 0.5) is 0 Å². The lowest BCUT2D eigenvalue weighted by Gasteiger charge is -2.23. The lowest BCUT2D eigenvalue weighted by Crippen LogP contribution is -2.29. The fraction of sp³-hybridized carbons (Fsp3) is 0.600. The fourth-order valence-corrected chi connectivity index (χ4v) is 2.40. The van der Waals surface area contributed by atoms with Crippen LogP contribution in [-0.2, 0) is 6.54 Å². The topological polar surface area (TPSA) is 23.5 Å². The van der Waals surface area contributed by atoms with Crippen molar-refractivity contribution >= 4 is 0 Å². The standard InChI is InChI=1S/C13H19NO.C2H6/c15-10-8-13-7-4-9-14(13)11-12-5-2-1-3-6-12;1-2/h1-3,5-6,13,15H,4,7-11H2;1-2H3. The van der Waals surface area contributed by atoms with Gasteiger partial charge in [-0.15, -0.1) is 0 Å². The number of hydrogen-bond donors (Lipinski definition) is 1. The van der Waals surface area contributed by atoms with Crippen LogP contribution in [0.2, 0.25) is 0 Å². The van der Waals surface area contributed by atoms with E-state index in [1.807, 2.05) is 13.8 Å². The van der Waals surface area contributed by atoms with E-state index in [1.54, 1.807) is 0 Å². The van der Waals surface area contributed by atoms with E-state index < -0.39 is 0 Å². The Bertz CT molecular complexity index is 286. The lowest BCUT2D eigenvalue weighted by molar-refractivity contribution is 0.190. The molecule has 1 aromatic rings. The molecule has 1 N–H and O–H groups in total. The van der Waals surface area contributed by atoms with Crippen molar-refractivity contribution < 1.29 is 5.11 Å². The number of rotatable bonds is 4. The minimum atomic E-state index is 0.315. The Labute approximate surface area is 105 Å². The Balaban J connectivity index is 0.000000686. The molecule has 0 amide bonds. The van der Waals surface area contributed by atoms with Crippen molar-refractivity contribution in [3.05, 3.63) is 35.9 Å². The highest BCUT2D eigenvalue weighted by atomic mass is 16.3. The summed E-state index contributed by atoms with van der Waals surface area (Å²) in [5.74, 6) is 0. The van der Waals surface area contributed by atoms with Gasteiger partial charge in [0.15, 0.2) is 0 Å². The van der Waals surface area contributed by atoms with Gasteiger partial charge in [-0.05, 0) is 31.4 Å². The summed E-state index contributed by atoms with van der Waals surface area (Å²) < 4.78 is 0. The maximum absolute atomic E-state index is 8.98. The highest BCUT2D eigenvalue weighted by Crippen LogP contribution is 2.21. The summed E-state index contributed by atoms with van der Waals surface area (Å²) in [4.78, 5) is 2.49. The second-order valence-corrected chi connectivity index (χ2v) is 4.26. The SMILES string of the molecule is CC.OCCC1CCCN1Cc1ccccc1. The summed E-state index contributed by atoms with van der Waals surface area (Å²) in [6, 6.07) is 11.2. The van der Waals surface area contributed by atoms with Crippen molar-refractivity contribution in [2.45, 2.75) is 45.7 Å². The molecule has 1 aliphatic rings. The summed E-state index contributed by atoms with van der Waals surface area (Å²) in [6.45, 7) is 6.53. The smallest absolute Gasteiger partial charge is 0.0445 e. The van der Waals surface area contributed by atoms with Crippen LogP contribution in [0, 0.1) is 0 Å². The van der Waals surface area contributed by atoms with Gasteiger partial charge in [0, 0.05) is 19.2 Å². The van der Waals surface area contributed by atoms with Crippen LogP contribution in [0.5, 0.6) is 0 Å². The first kappa shape index (κ1) is 14.2. The quantitative estimate of drug-likeness (QED) is 0.867. The normalized spacial score (nSPS) is 19.8. The first-order chi connectivity index (χ1) is 8.40. The van der Waals surface area contributed by atoms with E-state index >= 15 is 0 Å². The van der Waals surface area contributed by atoms with Gasteiger partial charge in [0.2, 0.25) is 0 Å². The summed E-state index contributed by atoms with van der Waals surface area (Å²) in [7, 11) is 0. The fourth-order valence-electron chi connectivity index (χ4n) is 2.40. The van der Waals surface area contributed by atoms with Crippen LogP contribution in [0.1, 0.15) is 38.7 Å². The maximum Gasteiger partial charge on any atom is 0.0445 e. The molecule has 2 nitrogen and oxygen atoms in total. The molecular formula is C15H25NO. The average molecular weight is 235 g/mol. The van der Waals surface area contributed by atoms with E-state index in [9.17, 15) is 0 Å². The molecule has 1 aliphatic heterocycles. The molecule has 0 aliphatic carbocycles. The molecule has 0 bridgehead atoms. The second-order valence-electron chi connectivity index (χ2n) is 4.26. The third-order valence-corrected chi connectivity index (χ3v) is 3.19. The largest absolute Gasteiger partial charge is 0.396 e. The number of benzene rings is 1. The van der Waals surface area contributed by atoms with Gasteiger partial charge in [0.25, 0.3) is 0 Å². The van der Waals surface area contributed by atoms with Gasteiger partial charge in [0.05, 0.1) is 0 Å². The Hall–Kier alpha value is -0.860. The zero-order valence-electron chi connectivity index (χ0n) is 11.1. The van der Waals surface area contributed by atoms with Crippen molar-refractivity contribution in [2.75, 3.05) is 13.2 Å². The van der Waals surface area contributed by atoms with E-state index in [0.717, 1.165) is 13.0 Å². The Morgan fingerprint density at radius 2 is 1.94 bits per heavy atom. The van der Waals surface area contributed by atoms with Gasteiger partial charge < -0.3 is 5.11 Å². The van der Waals surface area contributed by atoms with Crippen LogP contribution in [0.3, 0.4) is 0 Å². The van der Waals surface area contributed by atoms with Crippen LogP contribution in [0.15, 0.2) is 30.3 Å². The van der Waals surface area contributed by atoms with E-state index in [4.69, 9.17) is 5.11 Å². The predicted molar refractivity (Wildman–Crippen MR) is 72.9 cm³/mol. The van der Waals surface area contributed by atoms with Gasteiger partial charge in [-0.3, -0.25) is 4.90 Å². The highest BCUT2D eigenvalue weighted by molar-refractivity contribution is 5.14. The van der Waals surface area contributed by atoms with E-state index in [0.29, 0.717) is 12.6 Å². The number of hydrogen-bond acceptors (Lipinski definition) is 2. The van der Waals surface area contributed by atoms with Crippen molar-refractivity contribution in [1.82, 2.24) is 4.90 Å². The molecule has 1 aromatic carbocycles. The molecule has 96 valence electrons. The highest BCUT2D eigenvalue weighted by Gasteiger charge is 2.23. The molecular weight excluding hydrogens is 210 g/mol. The molecule has 0 aromatic heterocycles. The van der Waals surface area contributed by atoms with E-state index in [-0.39, 0.29) is 0 Å². The summed E-state index contributed by atoms with van der Waals surface area (Å²) in [6.07, 6.45) is 3.44. The van der Waals surface area contributed by atoms with Gasteiger partial charge in [0.1, 0.15) is 0 Å². The molecule has 0 spiro atoms. The minimum absolute atomic E-state index is 0.315. The van der Waals surface area contributed by atoms with Crippen LogP contribution in [-0.4, -0.2) is 29.2 Å². The summed E-state index contributed by atoms with van der Waals surface area (Å²) in [5.41, 5.74) is 1.38. The zero-order chi connectivity index (χ0) is 12.5. The molecule has 17 heavy (non-hydrogen) atoms. The third kappa shape index (κ3) is 4.49. The molecule has 1 heterocycles. The van der Waals surface area contributed by atoms with Crippen molar-refractivity contribution in [2.24, 2.45) is 0 Å². The molecule has 1 unspecified atom stereocenters. The molecule has 0 radical (unpaired) electrons. The second kappa shape index (κ2) is 8.26. The summed E-state index contributed by atoms with van der Waals surface area (Å²) >= 11 is 0. The maximum atomic E-state index is 8.98. The van der Waals surface area contributed by atoms with E-state index in [1.165, 1.54) is 24.9 Å². The Kier molecular flexibility index (Phi) is 6.90. The summed E-state index contributed by atoms with van der Waals surface area (Å²) in [5, 5.41) is 8.98. The molecule has 1 saturated heterocycles. The molecule has 1 fully saturated rings. The van der Waals surface area contributed by atoms with Crippen molar-refractivity contribution in [1.29, 1.82) is 0 Å². The van der Waals surface area contributed by atoms with Gasteiger partial charge in [-0.2, -0.15) is 0 Å². The van der Waals surface area contributed by atoms with Crippen molar-refractivity contribution in [3.8, 4) is 0 Å². The van der Waals surface area contributed by atoms with Crippen molar-refractivity contribution in [3.63, 3.8) is 0 Å². The number of aliphatic hydroxyl groups is 1. The van der Waals surface area contributed by atoms with Crippen LogP contribution < -0.4 is 0 Å². The Morgan fingerprint density at radius 3 is 2.59 bits per heavy atom. The number of aliphatic hydroxyl groups excluding tert-OH is 1. The van der Waals surface area contributed by atoms with Gasteiger partial charge in [-0.25, -0.2) is 0 Å². The third-order valence-electron chi connectivity index (χ3n) is 3.19. The minimum Gasteiger partial charge on any atom is -0.396 e. The predicted octanol–water partition coefficient (Wildman–Crippen LogP) is 3.06. The molecule has 0 saturated carbocycles.